The van der Waals surface area contributed by atoms with Crippen LogP contribution in [0.15, 0.2) is 64.4 Å². The van der Waals surface area contributed by atoms with E-state index >= 15 is 0 Å². The Balaban J connectivity index is 1.98. The molecule has 0 saturated heterocycles. The van der Waals surface area contributed by atoms with Crippen molar-refractivity contribution in [2.24, 2.45) is 0 Å². The van der Waals surface area contributed by atoms with Gasteiger partial charge < -0.3 is 14.2 Å². The molecular formula is C23H24F2N2O7S2. The van der Waals surface area contributed by atoms with Crippen molar-refractivity contribution >= 4 is 31.4 Å². The zero-order valence-corrected chi connectivity index (χ0v) is 21.2. The van der Waals surface area contributed by atoms with Gasteiger partial charge in [0.15, 0.2) is 0 Å². The molecule has 0 aromatic heterocycles. The van der Waals surface area contributed by atoms with Crippen molar-refractivity contribution in [1.82, 2.24) is 0 Å². The number of anilines is 2. The van der Waals surface area contributed by atoms with Crippen molar-refractivity contribution in [3.8, 4) is 17.2 Å². The second kappa shape index (κ2) is 11.0. The number of hydrogen-bond acceptors (Lipinski definition) is 7. The zero-order valence-electron chi connectivity index (χ0n) is 19.5. The van der Waals surface area contributed by atoms with E-state index in [1.54, 1.807) is 13.8 Å². The Morgan fingerprint density at radius 3 is 1.69 bits per heavy atom. The third-order valence-electron chi connectivity index (χ3n) is 4.60. The highest BCUT2D eigenvalue weighted by Crippen LogP contribution is 2.31. The Morgan fingerprint density at radius 2 is 1.22 bits per heavy atom. The maximum atomic E-state index is 13.9. The van der Waals surface area contributed by atoms with Gasteiger partial charge in [-0.15, -0.1) is 0 Å². The fourth-order valence-electron chi connectivity index (χ4n) is 3.20. The number of ether oxygens (including phenoxy) is 3. The van der Waals surface area contributed by atoms with E-state index in [9.17, 15) is 25.6 Å². The van der Waals surface area contributed by atoms with Gasteiger partial charge in [0.05, 0.1) is 36.6 Å². The van der Waals surface area contributed by atoms with Crippen LogP contribution >= 0.6 is 0 Å². The van der Waals surface area contributed by atoms with Gasteiger partial charge in [0, 0.05) is 24.3 Å². The lowest BCUT2D eigenvalue weighted by atomic mass is 10.3. The number of nitrogens with one attached hydrogen (secondary N) is 2. The van der Waals surface area contributed by atoms with Crippen LogP contribution in [0.5, 0.6) is 17.2 Å². The van der Waals surface area contributed by atoms with Gasteiger partial charge in [-0.2, -0.15) is 0 Å². The van der Waals surface area contributed by atoms with Crippen molar-refractivity contribution in [2.45, 2.75) is 23.6 Å². The summed E-state index contributed by atoms with van der Waals surface area (Å²) in [5.41, 5.74) is -0.268. The molecule has 0 amide bonds. The molecule has 194 valence electrons. The normalized spacial score (nSPS) is 11.6. The van der Waals surface area contributed by atoms with Crippen molar-refractivity contribution in [3.05, 3.63) is 66.2 Å². The molecule has 3 rings (SSSR count). The fraction of sp³-hybridized carbons (Fsp3) is 0.217. The molecule has 0 heterocycles. The third kappa shape index (κ3) is 6.55. The second-order valence-corrected chi connectivity index (χ2v) is 10.6. The maximum absolute atomic E-state index is 13.9. The fourth-order valence-corrected chi connectivity index (χ4v) is 5.58. The first-order valence-electron chi connectivity index (χ1n) is 10.6. The van der Waals surface area contributed by atoms with Crippen LogP contribution in [-0.4, -0.2) is 37.2 Å². The third-order valence-corrected chi connectivity index (χ3v) is 7.39. The minimum atomic E-state index is -4.45. The van der Waals surface area contributed by atoms with Crippen molar-refractivity contribution in [3.63, 3.8) is 0 Å². The number of rotatable bonds is 11. The first-order valence-corrected chi connectivity index (χ1v) is 13.5. The van der Waals surface area contributed by atoms with E-state index in [4.69, 9.17) is 14.2 Å². The van der Waals surface area contributed by atoms with Crippen LogP contribution in [0.25, 0.3) is 0 Å². The summed E-state index contributed by atoms with van der Waals surface area (Å²) in [5, 5.41) is 0. The predicted molar refractivity (Wildman–Crippen MR) is 130 cm³/mol. The summed E-state index contributed by atoms with van der Waals surface area (Å²) < 4.78 is 100. The Labute approximate surface area is 208 Å². The molecule has 0 radical (unpaired) electrons. The first-order chi connectivity index (χ1) is 17.0. The van der Waals surface area contributed by atoms with Gasteiger partial charge >= 0.3 is 0 Å². The molecule has 0 aliphatic rings. The van der Waals surface area contributed by atoms with Crippen LogP contribution in [-0.2, 0) is 20.0 Å². The van der Waals surface area contributed by atoms with Gasteiger partial charge in [0.1, 0.15) is 33.8 Å². The number of sulfonamides is 2. The average molecular weight is 543 g/mol. The lowest BCUT2D eigenvalue weighted by molar-refractivity contribution is 0.338. The Bertz CT molecular complexity index is 1460. The summed E-state index contributed by atoms with van der Waals surface area (Å²) in [5.74, 6) is -1.43. The molecule has 0 bridgehead atoms. The van der Waals surface area contributed by atoms with E-state index < -0.39 is 41.5 Å². The summed E-state index contributed by atoms with van der Waals surface area (Å²) >= 11 is 0. The quantitative estimate of drug-likeness (QED) is 0.369. The topological polar surface area (TPSA) is 120 Å². The predicted octanol–water partition coefficient (Wildman–Crippen LogP) is 4.37. The summed E-state index contributed by atoms with van der Waals surface area (Å²) in [4.78, 5) is -0.968. The minimum Gasteiger partial charge on any atom is -0.495 e. The van der Waals surface area contributed by atoms with E-state index in [2.05, 4.69) is 9.44 Å². The minimum absolute atomic E-state index is 0.101. The number of benzene rings is 3. The van der Waals surface area contributed by atoms with Crippen LogP contribution in [0.3, 0.4) is 0 Å². The van der Waals surface area contributed by atoms with Crippen LogP contribution in [0, 0.1) is 11.6 Å². The lowest BCUT2D eigenvalue weighted by Crippen LogP contribution is -2.17. The standard InChI is InChI=1S/C23H24F2N2O7S2/c1-4-33-19-10-15(24)8-17(12-19)26-35(28,29)21-6-7-22(32-3)23(14-21)36(30,31)27-18-9-16(25)11-20(13-18)34-5-2/h6-14,26-27H,4-5H2,1-3H3. The van der Waals surface area contributed by atoms with E-state index in [1.807, 2.05) is 0 Å². The average Bonchev–Trinajstić information content (AvgIpc) is 2.77. The monoisotopic (exact) mass is 542 g/mol. The van der Waals surface area contributed by atoms with Gasteiger partial charge in [-0.1, -0.05) is 0 Å². The summed E-state index contributed by atoms with van der Waals surface area (Å²) in [6.45, 7) is 3.83. The molecule has 3 aromatic carbocycles. The smallest absolute Gasteiger partial charge is 0.265 e. The Kier molecular flexibility index (Phi) is 8.25. The van der Waals surface area contributed by atoms with Crippen LogP contribution in [0.4, 0.5) is 20.2 Å². The molecule has 0 aliphatic carbocycles. The van der Waals surface area contributed by atoms with Crippen LogP contribution in [0.1, 0.15) is 13.8 Å². The number of methoxy groups -OCH3 is 1. The highest BCUT2D eigenvalue weighted by atomic mass is 32.2. The number of halogens is 2. The molecule has 0 atom stereocenters. The second-order valence-electron chi connectivity index (χ2n) is 7.24. The maximum Gasteiger partial charge on any atom is 0.265 e. The lowest BCUT2D eigenvalue weighted by Gasteiger charge is -2.15. The van der Waals surface area contributed by atoms with Crippen molar-refractivity contribution < 1.29 is 39.8 Å². The summed E-state index contributed by atoms with van der Waals surface area (Å²) in [7, 11) is -7.61. The van der Waals surface area contributed by atoms with Gasteiger partial charge in [0.25, 0.3) is 20.0 Å². The summed E-state index contributed by atoms with van der Waals surface area (Å²) in [6.07, 6.45) is 0. The van der Waals surface area contributed by atoms with Crippen molar-refractivity contribution in [2.75, 3.05) is 29.8 Å². The molecule has 0 fully saturated rings. The molecule has 36 heavy (non-hydrogen) atoms. The molecule has 2 N–H and O–H groups in total. The van der Waals surface area contributed by atoms with Gasteiger partial charge in [-0.3, -0.25) is 9.44 Å². The number of hydrogen-bond donors (Lipinski definition) is 2. The molecule has 0 saturated carbocycles. The largest absolute Gasteiger partial charge is 0.495 e. The van der Waals surface area contributed by atoms with E-state index in [0.717, 1.165) is 42.5 Å². The van der Waals surface area contributed by atoms with Gasteiger partial charge in [-0.25, -0.2) is 25.6 Å². The van der Waals surface area contributed by atoms with Crippen molar-refractivity contribution in [1.29, 1.82) is 0 Å². The Morgan fingerprint density at radius 1 is 0.722 bits per heavy atom. The first kappa shape index (κ1) is 27.0. The van der Waals surface area contributed by atoms with Gasteiger partial charge in [-0.05, 0) is 44.2 Å². The summed E-state index contributed by atoms with van der Waals surface area (Å²) in [6, 6.07) is 9.77. The Hall–Kier alpha value is -3.58. The SMILES string of the molecule is CCOc1cc(F)cc(NS(=O)(=O)c2ccc(OC)c(S(=O)(=O)Nc3cc(F)cc(OCC)c3)c2)c1. The molecule has 0 spiro atoms. The molecule has 0 unspecified atom stereocenters. The van der Waals surface area contributed by atoms with Crippen LogP contribution in [0.2, 0.25) is 0 Å². The highest BCUT2D eigenvalue weighted by Gasteiger charge is 2.25. The van der Waals surface area contributed by atoms with E-state index in [0.29, 0.717) is 0 Å². The van der Waals surface area contributed by atoms with Crippen LogP contribution < -0.4 is 23.7 Å². The molecule has 0 aliphatic heterocycles. The molecule has 13 heteroatoms. The van der Waals surface area contributed by atoms with Gasteiger partial charge in [0.2, 0.25) is 0 Å². The molecule has 9 nitrogen and oxygen atoms in total. The molecule has 3 aromatic rings. The van der Waals surface area contributed by atoms with E-state index in [-0.39, 0.29) is 41.8 Å². The molecular weight excluding hydrogens is 518 g/mol. The van der Waals surface area contributed by atoms with E-state index in [1.165, 1.54) is 19.2 Å². The zero-order chi connectivity index (χ0) is 26.5. The highest BCUT2D eigenvalue weighted by molar-refractivity contribution is 7.93.